The van der Waals surface area contributed by atoms with Gasteiger partial charge in [0.05, 0.1) is 24.8 Å². The number of aromatic nitrogens is 1. The van der Waals surface area contributed by atoms with Gasteiger partial charge in [0, 0.05) is 19.3 Å². The summed E-state index contributed by atoms with van der Waals surface area (Å²) in [7, 11) is 1.32. The topological polar surface area (TPSA) is 59.5 Å². The summed E-state index contributed by atoms with van der Waals surface area (Å²) in [6, 6.07) is 1.34. The number of carbonyl (C=O) groups is 2. The van der Waals surface area contributed by atoms with Gasteiger partial charge in [0.2, 0.25) is 0 Å². The van der Waals surface area contributed by atoms with E-state index in [-0.39, 0.29) is 29.9 Å². The van der Waals surface area contributed by atoms with E-state index in [9.17, 15) is 14.0 Å². The summed E-state index contributed by atoms with van der Waals surface area (Å²) >= 11 is 0. The minimum atomic E-state index is -0.651. The number of ether oxygens (including phenoxy) is 1. The van der Waals surface area contributed by atoms with E-state index in [2.05, 4.69) is 4.98 Å². The Hall–Kier alpha value is -1.98. The molecule has 2 unspecified atom stereocenters. The number of hydrogen-bond donors (Lipinski definition) is 0. The van der Waals surface area contributed by atoms with Crippen molar-refractivity contribution in [2.24, 2.45) is 11.8 Å². The first-order valence-corrected chi connectivity index (χ1v) is 6.01. The number of nitrogens with zero attached hydrogens (tertiary/aromatic N) is 2. The zero-order valence-corrected chi connectivity index (χ0v) is 10.8. The number of rotatable bonds is 2. The fourth-order valence-corrected chi connectivity index (χ4v) is 2.31. The normalized spacial score (nSPS) is 22.4. The Bertz CT molecular complexity index is 506. The van der Waals surface area contributed by atoms with Gasteiger partial charge in [0.15, 0.2) is 5.82 Å². The monoisotopic (exact) mass is 266 g/mol. The maximum Gasteiger partial charge on any atom is 0.310 e. The zero-order valence-electron chi connectivity index (χ0n) is 10.8. The van der Waals surface area contributed by atoms with Gasteiger partial charge in [-0.3, -0.25) is 14.6 Å². The number of pyridine rings is 1. The van der Waals surface area contributed by atoms with Crippen LogP contribution in [0.2, 0.25) is 0 Å². The molecule has 2 atom stereocenters. The fraction of sp³-hybridized carbons (Fsp3) is 0.462. The van der Waals surface area contributed by atoms with Crippen LogP contribution in [0.5, 0.6) is 0 Å². The van der Waals surface area contributed by atoms with E-state index in [0.29, 0.717) is 6.54 Å². The van der Waals surface area contributed by atoms with E-state index in [1.54, 1.807) is 0 Å². The lowest BCUT2D eigenvalue weighted by Gasteiger charge is -2.16. The van der Waals surface area contributed by atoms with E-state index < -0.39 is 11.7 Å². The summed E-state index contributed by atoms with van der Waals surface area (Å²) in [6.45, 7) is 2.55. The molecule has 1 aliphatic heterocycles. The van der Waals surface area contributed by atoms with E-state index in [1.807, 2.05) is 6.92 Å². The quantitative estimate of drug-likeness (QED) is 0.752. The average Bonchev–Trinajstić information content (AvgIpc) is 2.80. The molecular formula is C13H15FN2O3. The number of likely N-dealkylation sites (tertiary alicyclic amines) is 1. The number of methoxy groups -OCH3 is 1. The molecule has 5 nitrogen and oxygen atoms in total. The molecule has 102 valence electrons. The molecule has 0 aliphatic carbocycles. The number of halogens is 1. The van der Waals surface area contributed by atoms with Crippen LogP contribution in [0, 0.1) is 17.7 Å². The molecule has 1 aromatic rings. The van der Waals surface area contributed by atoms with Gasteiger partial charge >= 0.3 is 5.97 Å². The highest BCUT2D eigenvalue weighted by Gasteiger charge is 2.38. The summed E-state index contributed by atoms with van der Waals surface area (Å²) < 4.78 is 18.2. The Morgan fingerprint density at radius 2 is 2.21 bits per heavy atom. The van der Waals surface area contributed by atoms with Crippen molar-refractivity contribution in [3.8, 4) is 0 Å². The van der Waals surface area contributed by atoms with Crippen LogP contribution in [0.3, 0.4) is 0 Å². The summed E-state index contributed by atoms with van der Waals surface area (Å²) in [6.07, 6.45) is 2.37. The third kappa shape index (κ3) is 2.57. The second-order valence-corrected chi connectivity index (χ2v) is 4.67. The number of carbonyl (C=O) groups excluding carboxylic acids is 2. The van der Waals surface area contributed by atoms with Crippen LogP contribution in [0.1, 0.15) is 17.3 Å². The molecular weight excluding hydrogens is 251 g/mol. The Morgan fingerprint density at radius 3 is 2.84 bits per heavy atom. The highest BCUT2D eigenvalue weighted by molar-refractivity contribution is 5.95. The van der Waals surface area contributed by atoms with Gasteiger partial charge in [-0.1, -0.05) is 6.92 Å². The second kappa shape index (κ2) is 5.34. The Balaban J connectivity index is 2.15. The lowest BCUT2D eigenvalue weighted by Crippen LogP contribution is -2.30. The van der Waals surface area contributed by atoms with Crippen LogP contribution in [0.4, 0.5) is 4.39 Å². The van der Waals surface area contributed by atoms with Crippen molar-refractivity contribution in [1.29, 1.82) is 0 Å². The van der Waals surface area contributed by atoms with Gasteiger partial charge in [0.25, 0.3) is 5.91 Å². The van der Waals surface area contributed by atoms with Crippen molar-refractivity contribution < 1.29 is 18.7 Å². The summed E-state index contributed by atoms with van der Waals surface area (Å²) in [5.41, 5.74) is -0.0206. The first-order chi connectivity index (χ1) is 9.04. The van der Waals surface area contributed by atoms with Crippen LogP contribution < -0.4 is 0 Å². The molecule has 2 rings (SSSR count). The number of hydrogen-bond acceptors (Lipinski definition) is 4. The van der Waals surface area contributed by atoms with E-state index in [4.69, 9.17) is 4.74 Å². The van der Waals surface area contributed by atoms with Crippen molar-refractivity contribution in [2.45, 2.75) is 6.92 Å². The molecule has 0 saturated carbocycles. The van der Waals surface area contributed by atoms with E-state index in [0.717, 1.165) is 6.20 Å². The van der Waals surface area contributed by atoms with Crippen LogP contribution in [0.25, 0.3) is 0 Å². The van der Waals surface area contributed by atoms with Gasteiger partial charge < -0.3 is 9.64 Å². The maximum absolute atomic E-state index is 13.5. The smallest absolute Gasteiger partial charge is 0.310 e. The third-order valence-electron chi connectivity index (χ3n) is 3.41. The zero-order chi connectivity index (χ0) is 14.0. The Kier molecular flexibility index (Phi) is 3.78. The standard InChI is InChI=1S/C13H15FN2O3/c1-8-6-16(7-10(8)13(18)19-2)12(17)9-3-4-15-5-11(9)14/h3-5,8,10H,6-7H2,1-2H3. The number of amides is 1. The summed E-state index contributed by atoms with van der Waals surface area (Å²) in [5, 5.41) is 0. The van der Waals surface area contributed by atoms with Crippen LogP contribution in [0.15, 0.2) is 18.5 Å². The lowest BCUT2D eigenvalue weighted by atomic mass is 9.99. The summed E-state index contributed by atoms with van der Waals surface area (Å²) in [4.78, 5) is 28.8. The highest BCUT2D eigenvalue weighted by atomic mass is 19.1. The second-order valence-electron chi connectivity index (χ2n) is 4.67. The molecule has 0 aromatic carbocycles. The van der Waals surface area contributed by atoms with E-state index in [1.165, 1.54) is 24.3 Å². The van der Waals surface area contributed by atoms with Crippen molar-refractivity contribution >= 4 is 11.9 Å². The van der Waals surface area contributed by atoms with Crippen LogP contribution >= 0.6 is 0 Å². The van der Waals surface area contributed by atoms with Gasteiger partial charge in [-0.05, 0) is 12.0 Å². The molecule has 1 aliphatic rings. The fourth-order valence-electron chi connectivity index (χ4n) is 2.31. The van der Waals surface area contributed by atoms with Crippen molar-refractivity contribution in [3.63, 3.8) is 0 Å². The van der Waals surface area contributed by atoms with E-state index >= 15 is 0 Å². The summed E-state index contributed by atoms with van der Waals surface area (Å²) in [5.74, 6) is -1.75. The first-order valence-electron chi connectivity index (χ1n) is 6.01. The molecule has 0 spiro atoms. The van der Waals surface area contributed by atoms with Gasteiger partial charge in [-0.25, -0.2) is 4.39 Å². The van der Waals surface area contributed by atoms with Crippen molar-refractivity contribution in [2.75, 3.05) is 20.2 Å². The molecule has 6 heteroatoms. The minimum absolute atomic E-state index is 0.00120. The molecule has 0 N–H and O–H groups in total. The predicted molar refractivity (Wildman–Crippen MR) is 64.8 cm³/mol. The van der Waals surface area contributed by atoms with Gasteiger partial charge in [-0.15, -0.1) is 0 Å². The Labute approximate surface area is 110 Å². The SMILES string of the molecule is COC(=O)C1CN(C(=O)c2ccncc2F)CC1C. The average molecular weight is 266 g/mol. The van der Waals surface area contributed by atoms with Crippen molar-refractivity contribution in [1.82, 2.24) is 9.88 Å². The highest BCUT2D eigenvalue weighted by Crippen LogP contribution is 2.25. The Morgan fingerprint density at radius 1 is 1.47 bits per heavy atom. The molecule has 0 bridgehead atoms. The number of esters is 1. The van der Waals surface area contributed by atoms with Gasteiger partial charge in [-0.2, -0.15) is 0 Å². The largest absolute Gasteiger partial charge is 0.469 e. The van der Waals surface area contributed by atoms with Crippen molar-refractivity contribution in [3.05, 3.63) is 29.8 Å². The van der Waals surface area contributed by atoms with Crippen LogP contribution in [-0.4, -0.2) is 42.0 Å². The molecule has 1 aromatic heterocycles. The molecule has 2 heterocycles. The predicted octanol–water partition coefficient (Wildman–Crippen LogP) is 1.10. The lowest BCUT2D eigenvalue weighted by molar-refractivity contribution is -0.146. The third-order valence-corrected chi connectivity index (χ3v) is 3.41. The molecule has 1 amide bonds. The molecule has 1 fully saturated rings. The maximum atomic E-state index is 13.5. The molecule has 1 saturated heterocycles. The molecule has 0 radical (unpaired) electrons. The van der Waals surface area contributed by atoms with Crippen LogP contribution in [-0.2, 0) is 9.53 Å². The minimum Gasteiger partial charge on any atom is -0.469 e. The molecule has 19 heavy (non-hydrogen) atoms. The van der Waals surface area contributed by atoms with Gasteiger partial charge in [0.1, 0.15) is 0 Å². The first kappa shape index (κ1) is 13.5.